The molecule has 5 nitrogen and oxygen atoms in total. The summed E-state index contributed by atoms with van der Waals surface area (Å²) in [5.74, 6) is -0.585. The number of hydrogen-bond donors (Lipinski definition) is 2. The lowest BCUT2D eigenvalue weighted by Crippen LogP contribution is -2.42. The van der Waals surface area contributed by atoms with Crippen molar-refractivity contribution in [2.45, 2.75) is 26.3 Å². The molecule has 1 rings (SSSR count). The van der Waals surface area contributed by atoms with Gasteiger partial charge in [-0.25, -0.2) is 4.79 Å². The fourth-order valence-corrected chi connectivity index (χ4v) is 1.55. The molecule has 0 spiro atoms. The number of amides is 1. The summed E-state index contributed by atoms with van der Waals surface area (Å²) in [6.45, 7) is 3.33. The van der Waals surface area contributed by atoms with Crippen LogP contribution in [0.2, 0.25) is 0 Å². The molecule has 98 valence electrons. The number of phenolic OH excluding ortho intramolecular Hbond substituents is 1. The second kappa shape index (κ2) is 6.64. The standard InChI is InChI=1S/C13H17NO4/c1-3-18-13(17)12(14-9(2)15)8-10-4-6-11(16)7-5-10/h4-7,12,16H,3,8H2,1-2H3,(H,14,15)/t12-/m1/s1. The van der Waals surface area contributed by atoms with E-state index < -0.39 is 12.0 Å². The topological polar surface area (TPSA) is 75.6 Å². The summed E-state index contributed by atoms with van der Waals surface area (Å²) in [6, 6.07) is 5.76. The summed E-state index contributed by atoms with van der Waals surface area (Å²) >= 11 is 0. The Kier molecular flexibility index (Phi) is 5.17. The SMILES string of the molecule is CCOC(=O)[C@@H](Cc1ccc(O)cc1)NC(C)=O. The number of hydrogen-bond acceptors (Lipinski definition) is 4. The second-order valence-electron chi connectivity index (χ2n) is 3.88. The van der Waals surface area contributed by atoms with E-state index in [1.165, 1.54) is 19.1 Å². The molecule has 1 atom stereocenters. The van der Waals surface area contributed by atoms with Crippen molar-refractivity contribution in [1.82, 2.24) is 5.32 Å². The Labute approximate surface area is 106 Å². The first kappa shape index (κ1) is 14.0. The average molecular weight is 251 g/mol. The molecular formula is C13H17NO4. The summed E-state index contributed by atoms with van der Waals surface area (Å²) in [6.07, 6.45) is 0.332. The Bertz CT molecular complexity index is 414. The molecule has 0 aliphatic heterocycles. The summed E-state index contributed by atoms with van der Waals surface area (Å²) in [7, 11) is 0. The minimum Gasteiger partial charge on any atom is -0.508 e. The number of carbonyl (C=O) groups excluding carboxylic acids is 2. The van der Waals surface area contributed by atoms with Crippen molar-refractivity contribution in [1.29, 1.82) is 0 Å². The normalized spacial score (nSPS) is 11.7. The number of carbonyl (C=O) groups is 2. The third-order valence-electron chi connectivity index (χ3n) is 2.32. The quantitative estimate of drug-likeness (QED) is 0.766. The Morgan fingerprint density at radius 3 is 2.44 bits per heavy atom. The molecule has 18 heavy (non-hydrogen) atoms. The van der Waals surface area contributed by atoms with E-state index in [0.717, 1.165) is 5.56 Å². The molecule has 0 saturated heterocycles. The molecule has 0 bridgehead atoms. The van der Waals surface area contributed by atoms with Crippen LogP contribution in [-0.2, 0) is 20.7 Å². The lowest BCUT2D eigenvalue weighted by Gasteiger charge is -2.16. The van der Waals surface area contributed by atoms with Crippen LogP contribution in [0, 0.1) is 0 Å². The van der Waals surface area contributed by atoms with Crippen molar-refractivity contribution in [2.75, 3.05) is 6.61 Å². The van der Waals surface area contributed by atoms with E-state index in [2.05, 4.69) is 5.32 Å². The maximum atomic E-state index is 11.7. The van der Waals surface area contributed by atoms with E-state index in [1.54, 1.807) is 19.1 Å². The van der Waals surface area contributed by atoms with Crippen molar-refractivity contribution in [2.24, 2.45) is 0 Å². The van der Waals surface area contributed by atoms with Gasteiger partial charge in [-0.05, 0) is 24.6 Å². The lowest BCUT2D eigenvalue weighted by molar-refractivity contribution is -0.147. The summed E-state index contributed by atoms with van der Waals surface area (Å²) in [4.78, 5) is 22.7. The molecule has 1 amide bonds. The zero-order chi connectivity index (χ0) is 13.5. The van der Waals surface area contributed by atoms with Gasteiger partial charge in [0.15, 0.2) is 0 Å². The fraction of sp³-hybridized carbons (Fsp3) is 0.385. The highest BCUT2D eigenvalue weighted by Crippen LogP contribution is 2.11. The van der Waals surface area contributed by atoms with Gasteiger partial charge in [0, 0.05) is 13.3 Å². The summed E-state index contributed by atoms with van der Waals surface area (Å²) < 4.78 is 4.90. The van der Waals surface area contributed by atoms with Gasteiger partial charge in [0.05, 0.1) is 6.61 Å². The molecule has 0 unspecified atom stereocenters. The van der Waals surface area contributed by atoms with Crippen LogP contribution in [0.5, 0.6) is 5.75 Å². The Hall–Kier alpha value is -2.04. The smallest absolute Gasteiger partial charge is 0.328 e. The summed E-state index contributed by atoms with van der Waals surface area (Å²) in [5, 5.41) is 11.7. The van der Waals surface area contributed by atoms with E-state index in [0.29, 0.717) is 6.42 Å². The van der Waals surface area contributed by atoms with Crippen LogP contribution >= 0.6 is 0 Å². The van der Waals surface area contributed by atoms with Gasteiger partial charge in [-0.2, -0.15) is 0 Å². The number of nitrogens with one attached hydrogen (secondary N) is 1. The highest BCUT2D eigenvalue weighted by Gasteiger charge is 2.20. The molecular weight excluding hydrogens is 234 g/mol. The van der Waals surface area contributed by atoms with Gasteiger partial charge in [-0.1, -0.05) is 12.1 Å². The van der Waals surface area contributed by atoms with Crippen molar-refractivity contribution in [3.05, 3.63) is 29.8 Å². The molecule has 0 heterocycles. The molecule has 2 N–H and O–H groups in total. The first-order valence-electron chi connectivity index (χ1n) is 5.74. The molecule has 0 aromatic heterocycles. The number of esters is 1. The minimum absolute atomic E-state index is 0.158. The number of phenols is 1. The van der Waals surface area contributed by atoms with E-state index in [-0.39, 0.29) is 18.3 Å². The molecule has 0 aliphatic carbocycles. The molecule has 0 radical (unpaired) electrons. The maximum absolute atomic E-state index is 11.7. The largest absolute Gasteiger partial charge is 0.508 e. The predicted octanol–water partition coefficient (Wildman–Crippen LogP) is 1.00. The van der Waals surface area contributed by atoms with Crippen molar-refractivity contribution in [3.8, 4) is 5.75 Å². The van der Waals surface area contributed by atoms with Crippen LogP contribution in [0.15, 0.2) is 24.3 Å². The van der Waals surface area contributed by atoms with Crippen LogP contribution in [0.3, 0.4) is 0 Å². The van der Waals surface area contributed by atoms with Gasteiger partial charge in [0.2, 0.25) is 5.91 Å². The van der Waals surface area contributed by atoms with E-state index >= 15 is 0 Å². The lowest BCUT2D eigenvalue weighted by atomic mass is 10.1. The predicted molar refractivity (Wildman–Crippen MR) is 66.0 cm³/mol. The highest BCUT2D eigenvalue weighted by atomic mass is 16.5. The first-order chi connectivity index (χ1) is 8.52. The van der Waals surface area contributed by atoms with Crippen LogP contribution in [0.1, 0.15) is 19.4 Å². The minimum atomic E-state index is -0.702. The van der Waals surface area contributed by atoms with Crippen LogP contribution in [0.25, 0.3) is 0 Å². The number of aromatic hydroxyl groups is 1. The molecule has 0 saturated carbocycles. The van der Waals surface area contributed by atoms with Crippen LogP contribution < -0.4 is 5.32 Å². The van der Waals surface area contributed by atoms with Crippen molar-refractivity contribution >= 4 is 11.9 Å². The van der Waals surface area contributed by atoms with Crippen molar-refractivity contribution in [3.63, 3.8) is 0 Å². The zero-order valence-electron chi connectivity index (χ0n) is 10.5. The molecule has 5 heteroatoms. The van der Waals surface area contributed by atoms with E-state index in [4.69, 9.17) is 9.84 Å². The van der Waals surface area contributed by atoms with E-state index in [1.807, 2.05) is 0 Å². The van der Waals surface area contributed by atoms with Gasteiger partial charge >= 0.3 is 5.97 Å². The van der Waals surface area contributed by atoms with Gasteiger partial charge < -0.3 is 15.2 Å². The Morgan fingerprint density at radius 2 is 1.94 bits per heavy atom. The third kappa shape index (κ3) is 4.45. The average Bonchev–Trinajstić information content (AvgIpc) is 2.31. The fourth-order valence-electron chi connectivity index (χ4n) is 1.55. The maximum Gasteiger partial charge on any atom is 0.328 e. The Balaban J connectivity index is 2.74. The van der Waals surface area contributed by atoms with Crippen LogP contribution in [0.4, 0.5) is 0 Å². The molecule has 0 fully saturated rings. The highest BCUT2D eigenvalue weighted by molar-refractivity contribution is 5.83. The third-order valence-corrected chi connectivity index (χ3v) is 2.32. The summed E-state index contributed by atoms with van der Waals surface area (Å²) in [5.41, 5.74) is 0.833. The van der Waals surface area contributed by atoms with Gasteiger partial charge in [-0.15, -0.1) is 0 Å². The van der Waals surface area contributed by atoms with Crippen molar-refractivity contribution < 1.29 is 19.4 Å². The molecule has 0 aliphatic rings. The number of rotatable bonds is 5. The second-order valence-corrected chi connectivity index (χ2v) is 3.88. The van der Waals surface area contributed by atoms with Gasteiger partial charge in [0.25, 0.3) is 0 Å². The van der Waals surface area contributed by atoms with Gasteiger partial charge in [0.1, 0.15) is 11.8 Å². The van der Waals surface area contributed by atoms with E-state index in [9.17, 15) is 9.59 Å². The zero-order valence-corrected chi connectivity index (χ0v) is 10.5. The first-order valence-corrected chi connectivity index (χ1v) is 5.74. The van der Waals surface area contributed by atoms with Gasteiger partial charge in [-0.3, -0.25) is 4.79 Å². The molecule has 1 aromatic rings. The number of ether oxygens (including phenoxy) is 1. The monoisotopic (exact) mass is 251 g/mol. The molecule has 1 aromatic carbocycles. The number of benzene rings is 1. The Morgan fingerprint density at radius 1 is 1.33 bits per heavy atom. The van der Waals surface area contributed by atoms with Crippen LogP contribution in [-0.4, -0.2) is 29.6 Å².